The molecule has 3 unspecified atom stereocenters. The molecule has 0 fully saturated rings. The quantitative estimate of drug-likeness (QED) is 0.0326. The van der Waals surface area contributed by atoms with E-state index in [0.29, 0.717) is 6.42 Å². The van der Waals surface area contributed by atoms with Crippen LogP contribution in [0.5, 0.6) is 11.5 Å². The van der Waals surface area contributed by atoms with E-state index in [9.17, 15) is 48.3 Å². The van der Waals surface area contributed by atoms with Crippen LogP contribution in [0.25, 0.3) is 11.3 Å². The molecule has 61 heavy (non-hydrogen) atoms. The fourth-order valence-electron chi connectivity index (χ4n) is 5.75. The summed E-state index contributed by atoms with van der Waals surface area (Å²) in [5.74, 6) is -9.43. The molecule has 1 heterocycles. The van der Waals surface area contributed by atoms with Crippen LogP contribution < -0.4 is 25.4 Å². The zero-order valence-corrected chi connectivity index (χ0v) is 33.7. The molecule has 3 rings (SSSR count). The number of hydroxylamine groups is 2. The number of furan rings is 1. The fraction of sp³-hybridized carbons (Fsp3) is 0.375. The van der Waals surface area contributed by atoms with E-state index in [0.717, 1.165) is 28.9 Å². The molecule has 0 aliphatic rings. The number of amides is 5. The van der Waals surface area contributed by atoms with Crippen LogP contribution in [-0.2, 0) is 28.8 Å². The van der Waals surface area contributed by atoms with Gasteiger partial charge in [0.15, 0.2) is 12.4 Å². The molecule has 0 bridgehead atoms. The highest BCUT2D eigenvalue weighted by Crippen LogP contribution is 2.30. The Kier molecular flexibility index (Phi) is 18.2. The number of nitrogens with one attached hydrogen (secondary N) is 3. The van der Waals surface area contributed by atoms with Crippen molar-refractivity contribution in [3.63, 3.8) is 0 Å². The van der Waals surface area contributed by atoms with E-state index in [2.05, 4.69) is 16.0 Å². The monoisotopic (exact) mass is 853 g/mol. The molecule has 0 radical (unpaired) electrons. The minimum Gasteiger partial charge on any atom is -0.481 e. The number of para-hydroxylation sites is 1. The van der Waals surface area contributed by atoms with Crippen LogP contribution in [0.15, 0.2) is 59.0 Å². The summed E-state index contributed by atoms with van der Waals surface area (Å²) in [7, 11) is 2.91. The van der Waals surface area contributed by atoms with Crippen LogP contribution in [0.4, 0.5) is 4.79 Å². The second kappa shape index (κ2) is 23.2. The highest BCUT2D eigenvalue weighted by Gasteiger charge is 2.34. The second-order valence-corrected chi connectivity index (χ2v) is 13.4. The van der Waals surface area contributed by atoms with E-state index in [4.69, 9.17) is 28.9 Å². The van der Waals surface area contributed by atoms with E-state index in [-0.39, 0.29) is 59.0 Å². The van der Waals surface area contributed by atoms with Crippen molar-refractivity contribution in [2.24, 2.45) is 5.92 Å². The third kappa shape index (κ3) is 14.1. The third-order valence-electron chi connectivity index (χ3n) is 8.81. The largest absolute Gasteiger partial charge is 0.481 e. The third-order valence-corrected chi connectivity index (χ3v) is 8.81. The van der Waals surface area contributed by atoms with E-state index >= 15 is 0 Å². The first-order chi connectivity index (χ1) is 29.0. The Labute approximate surface area is 348 Å². The van der Waals surface area contributed by atoms with E-state index < -0.39 is 85.4 Å². The van der Waals surface area contributed by atoms with Gasteiger partial charge in [-0.05, 0) is 49.2 Å². The molecule has 1 aromatic heterocycles. The van der Waals surface area contributed by atoms with E-state index in [1.807, 2.05) is 6.92 Å². The molecule has 3 atom stereocenters. The summed E-state index contributed by atoms with van der Waals surface area (Å²) in [6.45, 7) is 2.36. The molecule has 0 spiro atoms. The van der Waals surface area contributed by atoms with Crippen molar-refractivity contribution < 1.29 is 77.2 Å². The van der Waals surface area contributed by atoms with E-state index in [1.54, 1.807) is 6.92 Å². The van der Waals surface area contributed by atoms with Crippen LogP contribution in [0.1, 0.15) is 83.6 Å². The lowest BCUT2D eigenvalue weighted by atomic mass is 9.90. The lowest BCUT2D eigenvalue weighted by Crippen LogP contribution is -2.49. The van der Waals surface area contributed by atoms with Crippen molar-refractivity contribution in [1.82, 2.24) is 25.9 Å². The molecule has 5 amide bonds. The van der Waals surface area contributed by atoms with E-state index in [1.165, 1.54) is 62.6 Å². The number of unbranched alkanes of at least 4 members (excludes halogenated alkanes) is 2. The Morgan fingerprint density at radius 3 is 2.18 bits per heavy atom. The zero-order chi connectivity index (χ0) is 45.2. The molecule has 328 valence electrons. The maximum Gasteiger partial charge on any atom is 0.414 e. The first kappa shape index (κ1) is 47.9. The van der Waals surface area contributed by atoms with Gasteiger partial charge in [-0.2, -0.15) is 5.06 Å². The predicted octanol–water partition coefficient (Wildman–Crippen LogP) is 3.14. The van der Waals surface area contributed by atoms with Gasteiger partial charge in [0, 0.05) is 19.7 Å². The minimum absolute atomic E-state index is 0.0550. The van der Waals surface area contributed by atoms with Crippen molar-refractivity contribution in [3.8, 4) is 22.8 Å². The van der Waals surface area contributed by atoms with Crippen molar-refractivity contribution in [3.05, 3.63) is 71.5 Å². The molecular weight excluding hydrogens is 806 g/mol. The van der Waals surface area contributed by atoms with Gasteiger partial charge in [-0.25, -0.2) is 19.2 Å². The van der Waals surface area contributed by atoms with Crippen LogP contribution in [0, 0.1) is 5.92 Å². The summed E-state index contributed by atoms with van der Waals surface area (Å²) >= 11 is 0. The molecule has 21 heteroatoms. The molecule has 2 aromatic carbocycles. The van der Waals surface area contributed by atoms with Crippen LogP contribution in [0.2, 0.25) is 0 Å². The highest BCUT2D eigenvalue weighted by molar-refractivity contribution is 6.00. The standard InChI is InChI=1S/C40H47N5O16/c1-5-7-8-11-24(28(6-2)45(22-46)61-39(56)26-12-9-10-13-30(26)60-40(57)44(3)4)35(51)41-21-42-37(53)31-17-16-29(59-31)23-14-15-25(32(18-23)58-20-34(49)50)36(52)43-27(38(54)55)19-33(47)48/h9-10,12-18,22,24,27-28H,5-8,11,19-21H2,1-4H3,(H,41,51)(H,42,53)(H,43,52)(H,47,48)(H,49,50)(H,54,55). The number of aliphatic carboxylic acids is 3. The Morgan fingerprint density at radius 2 is 1.56 bits per heavy atom. The van der Waals surface area contributed by atoms with Crippen LogP contribution in [-0.4, -0.2) is 119 Å². The first-order valence-corrected chi connectivity index (χ1v) is 18.8. The van der Waals surface area contributed by atoms with Gasteiger partial charge in [-0.1, -0.05) is 51.3 Å². The van der Waals surface area contributed by atoms with Gasteiger partial charge in [0.25, 0.3) is 11.8 Å². The first-order valence-electron chi connectivity index (χ1n) is 18.8. The summed E-state index contributed by atoms with van der Waals surface area (Å²) in [5.41, 5.74) is -0.265. The number of carboxylic acids is 3. The van der Waals surface area contributed by atoms with Gasteiger partial charge in [0.05, 0.1) is 30.6 Å². The van der Waals surface area contributed by atoms with Crippen molar-refractivity contribution in [1.29, 1.82) is 0 Å². The summed E-state index contributed by atoms with van der Waals surface area (Å²) in [6, 6.07) is 9.40. The average Bonchev–Trinajstić information content (AvgIpc) is 3.72. The maximum absolute atomic E-state index is 13.6. The average molecular weight is 854 g/mol. The van der Waals surface area contributed by atoms with Gasteiger partial charge in [0.1, 0.15) is 28.9 Å². The van der Waals surface area contributed by atoms with Gasteiger partial charge >= 0.3 is 30.0 Å². The number of hydrogen-bond acceptors (Lipinski definition) is 13. The van der Waals surface area contributed by atoms with Gasteiger partial charge < -0.3 is 54.9 Å². The number of carbonyl (C=O) groups excluding carboxylic acids is 6. The summed E-state index contributed by atoms with van der Waals surface area (Å²) in [6.07, 6.45) is 1.20. The molecule has 0 saturated heterocycles. The molecule has 21 nitrogen and oxygen atoms in total. The summed E-state index contributed by atoms with van der Waals surface area (Å²) in [4.78, 5) is 118. The number of carboxylic acid groups (broad SMARTS) is 3. The van der Waals surface area contributed by atoms with Gasteiger partial charge in [-0.15, -0.1) is 0 Å². The molecule has 0 aliphatic heterocycles. The SMILES string of the molecule is CCCCCC(C(=O)NCNC(=O)c1ccc(-c2ccc(C(=O)NC(CC(=O)O)C(=O)O)c(OCC(=O)O)c2)o1)C(CC)N(C=O)OC(=O)c1ccccc1OC(=O)N(C)C. The lowest BCUT2D eigenvalue weighted by molar-refractivity contribution is -0.171. The number of rotatable bonds is 24. The Balaban J connectivity index is 1.74. The fourth-order valence-corrected chi connectivity index (χ4v) is 5.75. The molecule has 6 N–H and O–H groups in total. The second-order valence-electron chi connectivity index (χ2n) is 13.4. The minimum atomic E-state index is -1.80. The molecule has 0 saturated carbocycles. The number of ether oxygens (including phenoxy) is 2. The van der Waals surface area contributed by atoms with Gasteiger partial charge in [-0.3, -0.25) is 24.0 Å². The molecule has 0 aliphatic carbocycles. The van der Waals surface area contributed by atoms with Crippen LogP contribution >= 0.6 is 0 Å². The van der Waals surface area contributed by atoms with Crippen molar-refractivity contribution in [2.45, 2.75) is 64.5 Å². The smallest absolute Gasteiger partial charge is 0.414 e. The number of hydrogen-bond donors (Lipinski definition) is 6. The normalized spacial score (nSPS) is 12.1. The topological polar surface area (TPSA) is 298 Å². The highest BCUT2D eigenvalue weighted by atomic mass is 16.7. The number of nitrogens with zero attached hydrogens (tertiary/aromatic N) is 2. The maximum atomic E-state index is 13.6. The number of benzene rings is 2. The lowest BCUT2D eigenvalue weighted by Gasteiger charge is -2.32. The Morgan fingerprint density at radius 1 is 0.836 bits per heavy atom. The van der Waals surface area contributed by atoms with Gasteiger partial charge in [0.2, 0.25) is 12.3 Å². The predicted molar refractivity (Wildman–Crippen MR) is 210 cm³/mol. The van der Waals surface area contributed by atoms with Crippen molar-refractivity contribution >= 4 is 54.1 Å². The Hall–Kier alpha value is -7.45. The Bertz CT molecular complexity index is 2080. The van der Waals surface area contributed by atoms with Crippen molar-refractivity contribution in [2.75, 3.05) is 27.4 Å². The molecule has 3 aromatic rings. The van der Waals surface area contributed by atoms with Crippen LogP contribution in [0.3, 0.4) is 0 Å². The number of carbonyl (C=O) groups is 9. The molecular formula is C40H47N5O16. The zero-order valence-electron chi connectivity index (χ0n) is 33.7. The summed E-state index contributed by atoms with van der Waals surface area (Å²) in [5, 5.41) is 35.4. The summed E-state index contributed by atoms with van der Waals surface area (Å²) < 4.78 is 16.2.